The lowest BCUT2D eigenvalue weighted by Crippen LogP contribution is -2.21. The maximum absolute atomic E-state index is 9.61. The van der Waals surface area contributed by atoms with Gasteiger partial charge in [-0.05, 0) is 31.1 Å². The van der Waals surface area contributed by atoms with E-state index in [1.165, 1.54) is 11.1 Å². The maximum Gasteiger partial charge on any atom is 0.0792 e. The Bertz CT molecular complexity index is 258. The first-order valence-corrected chi connectivity index (χ1v) is 4.28. The summed E-state index contributed by atoms with van der Waals surface area (Å²) in [6.07, 6.45) is 3.33. The fourth-order valence-corrected chi connectivity index (χ4v) is 1.50. The second-order valence-electron chi connectivity index (χ2n) is 3.41. The van der Waals surface area contributed by atoms with Crippen LogP contribution in [0, 0.1) is 5.92 Å². The van der Waals surface area contributed by atoms with Crippen LogP contribution in [0.15, 0.2) is 35.5 Å². The third-order valence-corrected chi connectivity index (χ3v) is 2.79. The molecular weight excluding hydrogens is 148 g/mol. The molecule has 0 bridgehead atoms. The van der Waals surface area contributed by atoms with Crippen molar-refractivity contribution >= 4 is 0 Å². The first-order valence-electron chi connectivity index (χ1n) is 4.28. The average Bonchev–Trinajstić information content (AvgIpc) is 2.08. The molecule has 66 valence electrons. The highest BCUT2D eigenvalue weighted by Crippen LogP contribution is 2.29. The van der Waals surface area contributed by atoms with Gasteiger partial charge in [0.1, 0.15) is 0 Å². The van der Waals surface area contributed by atoms with E-state index in [1.807, 2.05) is 13.0 Å². The predicted octanol–water partition coefficient (Wildman–Crippen LogP) is 2.45. The largest absolute Gasteiger partial charge is 0.388 e. The number of aliphatic hydroxyl groups excluding tert-OH is 1. The number of rotatable bonds is 1. The van der Waals surface area contributed by atoms with E-state index in [1.54, 1.807) is 6.08 Å². The van der Waals surface area contributed by atoms with Crippen LogP contribution >= 0.6 is 0 Å². The number of hydrogen-bond donors (Lipinski definition) is 1. The van der Waals surface area contributed by atoms with Crippen molar-refractivity contribution < 1.29 is 5.11 Å². The fourth-order valence-electron chi connectivity index (χ4n) is 1.50. The van der Waals surface area contributed by atoms with Gasteiger partial charge in [0.05, 0.1) is 6.10 Å². The van der Waals surface area contributed by atoms with Gasteiger partial charge in [0, 0.05) is 5.92 Å². The zero-order valence-corrected chi connectivity index (χ0v) is 7.96. The lowest BCUT2D eigenvalue weighted by atomic mass is 9.84. The smallest absolute Gasteiger partial charge is 0.0792 e. The van der Waals surface area contributed by atoms with Crippen LogP contribution in [-0.2, 0) is 0 Å². The van der Waals surface area contributed by atoms with Crippen molar-refractivity contribution in [3.63, 3.8) is 0 Å². The SMILES string of the molecule is C=CC1=CC(O)C(C)C(C)=C1C. The fraction of sp³-hybridized carbons (Fsp3) is 0.455. The van der Waals surface area contributed by atoms with Crippen LogP contribution in [0.5, 0.6) is 0 Å². The molecule has 0 spiro atoms. The van der Waals surface area contributed by atoms with E-state index in [0.29, 0.717) is 0 Å². The summed E-state index contributed by atoms with van der Waals surface area (Å²) >= 11 is 0. The van der Waals surface area contributed by atoms with Crippen LogP contribution in [0.4, 0.5) is 0 Å². The minimum absolute atomic E-state index is 0.244. The van der Waals surface area contributed by atoms with E-state index in [4.69, 9.17) is 0 Å². The highest BCUT2D eigenvalue weighted by atomic mass is 16.3. The van der Waals surface area contributed by atoms with Gasteiger partial charge in [0.2, 0.25) is 0 Å². The summed E-state index contributed by atoms with van der Waals surface area (Å²) < 4.78 is 0. The number of aliphatic hydroxyl groups is 1. The zero-order chi connectivity index (χ0) is 9.30. The molecule has 1 N–H and O–H groups in total. The first kappa shape index (κ1) is 9.27. The molecule has 0 aromatic carbocycles. The van der Waals surface area contributed by atoms with Gasteiger partial charge < -0.3 is 5.11 Å². The molecule has 0 saturated carbocycles. The summed E-state index contributed by atoms with van der Waals surface area (Å²) in [5.74, 6) is 0.244. The van der Waals surface area contributed by atoms with Crippen LogP contribution in [0.3, 0.4) is 0 Å². The van der Waals surface area contributed by atoms with Gasteiger partial charge in [0.25, 0.3) is 0 Å². The molecule has 0 saturated heterocycles. The van der Waals surface area contributed by atoms with Crippen molar-refractivity contribution in [1.82, 2.24) is 0 Å². The molecule has 1 aliphatic carbocycles. The summed E-state index contributed by atoms with van der Waals surface area (Å²) in [5, 5.41) is 9.61. The Kier molecular flexibility index (Phi) is 2.53. The van der Waals surface area contributed by atoms with E-state index >= 15 is 0 Å². The molecule has 1 nitrogen and oxygen atoms in total. The van der Waals surface area contributed by atoms with Crippen molar-refractivity contribution in [2.45, 2.75) is 26.9 Å². The van der Waals surface area contributed by atoms with E-state index in [9.17, 15) is 5.11 Å². The summed E-state index contributed by atoms with van der Waals surface area (Å²) in [6.45, 7) is 9.90. The van der Waals surface area contributed by atoms with E-state index < -0.39 is 0 Å². The zero-order valence-electron chi connectivity index (χ0n) is 7.96. The van der Waals surface area contributed by atoms with Gasteiger partial charge >= 0.3 is 0 Å². The second kappa shape index (κ2) is 3.28. The van der Waals surface area contributed by atoms with Crippen molar-refractivity contribution in [2.75, 3.05) is 0 Å². The van der Waals surface area contributed by atoms with Crippen molar-refractivity contribution in [3.05, 3.63) is 35.5 Å². The molecule has 2 atom stereocenters. The molecule has 0 aromatic rings. The van der Waals surface area contributed by atoms with E-state index in [-0.39, 0.29) is 12.0 Å². The standard InChI is InChI=1S/C11H16O/c1-5-10-6-11(12)9(4)7(2)8(10)3/h5-6,9,11-12H,1H2,2-4H3. The van der Waals surface area contributed by atoms with Gasteiger partial charge in [0.15, 0.2) is 0 Å². The van der Waals surface area contributed by atoms with Crippen LogP contribution < -0.4 is 0 Å². The molecule has 0 radical (unpaired) electrons. The average molecular weight is 164 g/mol. The van der Waals surface area contributed by atoms with Crippen LogP contribution in [0.25, 0.3) is 0 Å². The Hall–Kier alpha value is -0.820. The molecule has 2 unspecified atom stereocenters. The van der Waals surface area contributed by atoms with E-state index in [0.717, 1.165) is 5.57 Å². The Balaban J connectivity index is 3.08. The summed E-state index contributed by atoms with van der Waals surface area (Å²) in [7, 11) is 0. The Morgan fingerprint density at radius 3 is 2.58 bits per heavy atom. The first-order chi connectivity index (χ1) is 5.57. The molecule has 12 heavy (non-hydrogen) atoms. The molecule has 0 fully saturated rings. The summed E-state index contributed by atoms with van der Waals surface area (Å²) in [4.78, 5) is 0. The van der Waals surface area contributed by atoms with Gasteiger partial charge in [-0.1, -0.05) is 25.2 Å². The van der Waals surface area contributed by atoms with Crippen LogP contribution in [0.1, 0.15) is 20.8 Å². The van der Waals surface area contributed by atoms with Crippen molar-refractivity contribution in [3.8, 4) is 0 Å². The Labute approximate surface area is 74.1 Å². The minimum Gasteiger partial charge on any atom is -0.388 e. The summed E-state index contributed by atoms with van der Waals surface area (Å²) in [5.41, 5.74) is 3.58. The normalized spacial score (nSPS) is 30.2. The number of allylic oxidation sites excluding steroid dienone is 3. The highest BCUT2D eigenvalue weighted by Gasteiger charge is 2.21. The Morgan fingerprint density at radius 1 is 1.50 bits per heavy atom. The minimum atomic E-state index is -0.346. The lowest BCUT2D eigenvalue weighted by molar-refractivity contribution is 0.176. The molecule has 1 aliphatic rings. The predicted molar refractivity (Wildman–Crippen MR) is 51.8 cm³/mol. The maximum atomic E-state index is 9.61. The third-order valence-electron chi connectivity index (χ3n) is 2.79. The van der Waals surface area contributed by atoms with Crippen molar-refractivity contribution in [2.24, 2.45) is 5.92 Å². The van der Waals surface area contributed by atoms with Gasteiger partial charge in [-0.2, -0.15) is 0 Å². The second-order valence-corrected chi connectivity index (χ2v) is 3.41. The molecule has 1 heteroatoms. The number of hydrogen-bond acceptors (Lipinski definition) is 1. The van der Waals surface area contributed by atoms with Gasteiger partial charge in [-0.25, -0.2) is 0 Å². The molecule has 0 aliphatic heterocycles. The molecular formula is C11H16O. The van der Waals surface area contributed by atoms with Gasteiger partial charge in [-0.3, -0.25) is 0 Å². The summed E-state index contributed by atoms with van der Waals surface area (Å²) in [6, 6.07) is 0. The molecule has 0 aromatic heterocycles. The highest BCUT2D eigenvalue weighted by molar-refractivity contribution is 5.44. The lowest BCUT2D eigenvalue weighted by Gasteiger charge is -2.25. The van der Waals surface area contributed by atoms with E-state index in [2.05, 4.69) is 20.4 Å². The molecule has 0 amide bonds. The van der Waals surface area contributed by atoms with Crippen molar-refractivity contribution in [1.29, 1.82) is 0 Å². The molecule has 0 heterocycles. The topological polar surface area (TPSA) is 20.2 Å². The monoisotopic (exact) mass is 164 g/mol. The third kappa shape index (κ3) is 1.37. The quantitative estimate of drug-likeness (QED) is 0.631. The Morgan fingerprint density at radius 2 is 2.08 bits per heavy atom. The molecule has 1 rings (SSSR count). The van der Waals surface area contributed by atoms with Crippen LogP contribution in [0.2, 0.25) is 0 Å². The van der Waals surface area contributed by atoms with Gasteiger partial charge in [-0.15, -0.1) is 0 Å². The van der Waals surface area contributed by atoms with Crippen LogP contribution in [-0.4, -0.2) is 11.2 Å².